The number of hydrogen-bond acceptors (Lipinski definition) is 6. The van der Waals surface area contributed by atoms with Gasteiger partial charge in [-0.05, 0) is 30.4 Å². The van der Waals surface area contributed by atoms with Gasteiger partial charge in [0.25, 0.3) is 0 Å². The maximum absolute atomic E-state index is 13.3. The number of aromatic amines is 1. The van der Waals surface area contributed by atoms with E-state index in [2.05, 4.69) is 20.9 Å². The molecule has 0 aliphatic rings. The molecule has 2 rings (SSSR count). The summed E-state index contributed by atoms with van der Waals surface area (Å²) in [5, 5.41) is 28.3. The Morgan fingerprint density at radius 1 is 0.946 bits per heavy atom. The smallest absolute Gasteiger partial charge is 0.326 e. The number of rotatable bonds is 13. The van der Waals surface area contributed by atoms with Gasteiger partial charge in [-0.3, -0.25) is 14.4 Å². The van der Waals surface area contributed by atoms with Crippen molar-refractivity contribution >= 4 is 34.6 Å². The molecule has 0 bridgehead atoms. The zero-order valence-electron chi connectivity index (χ0n) is 21.9. The zero-order valence-corrected chi connectivity index (χ0v) is 21.9. The van der Waals surface area contributed by atoms with Crippen LogP contribution in [0.4, 0.5) is 0 Å². The monoisotopic (exact) mass is 517 g/mol. The highest BCUT2D eigenvalue weighted by molar-refractivity contribution is 5.95. The summed E-state index contributed by atoms with van der Waals surface area (Å²) in [5.74, 6) is -3.84. The number of aliphatic hydroxyl groups excluding tert-OH is 1. The molecular formula is C26H39N5O6. The van der Waals surface area contributed by atoms with Gasteiger partial charge in [0.15, 0.2) is 0 Å². The Morgan fingerprint density at radius 3 is 2.14 bits per heavy atom. The van der Waals surface area contributed by atoms with Gasteiger partial charge in [0.1, 0.15) is 18.1 Å². The molecule has 37 heavy (non-hydrogen) atoms. The summed E-state index contributed by atoms with van der Waals surface area (Å²) >= 11 is 0. The SMILES string of the molecule is CCC(C)C(NC(=O)C(Cc1c[nH]c2ccccc12)NC(=O)C(NC(=O)C(N)C(C)C)C(C)O)C(=O)O. The number of aromatic nitrogens is 1. The van der Waals surface area contributed by atoms with E-state index in [0.717, 1.165) is 16.5 Å². The molecule has 0 aliphatic heterocycles. The summed E-state index contributed by atoms with van der Waals surface area (Å²) in [6, 6.07) is 2.82. The highest BCUT2D eigenvalue weighted by Gasteiger charge is 2.34. The lowest BCUT2D eigenvalue weighted by molar-refractivity contribution is -0.144. The summed E-state index contributed by atoms with van der Waals surface area (Å²) in [4.78, 5) is 53.9. The largest absolute Gasteiger partial charge is 0.480 e. The van der Waals surface area contributed by atoms with E-state index in [0.29, 0.717) is 6.42 Å². The van der Waals surface area contributed by atoms with Crippen molar-refractivity contribution in [2.45, 2.75) is 77.7 Å². The van der Waals surface area contributed by atoms with E-state index in [9.17, 15) is 29.4 Å². The van der Waals surface area contributed by atoms with E-state index < -0.39 is 54.0 Å². The molecule has 6 unspecified atom stereocenters. The number of aliphatic carboxylic acids is 1. The number of fused-ring (bicyclic) bond motifs is 1. The molecular weight excluding hydrogens is 478 g/mol. The van der Waals surface area contributed by atoms with Crippen LogP contribution in [0.5, 0.6) is 0 Å². The van der Waals surface area contributed by atoms with Crippen molar-refractivity contribution in [2.24, 2.45) is 17.6 Å². The summed E-state index contributed by atoms with van der Waals surface area (Å²) in [7, 11) is 0. The number of nitrogens with two attached hydrogens (primary N) is 1. The van der Waals surface area contributed by atoms with Gasteiger partial charge in [0.05, 0.1) is 12.1 Å². The number of carbonyl (C=O) groups excluding carboxylic acids is 3. The summed E-state index contributed by atoms with van der Waals surface area (Å²) in [6.45, 7) is 8.36. The Balaban J connectivity index is 2.34. The Bertz CT molecular complexity index is 1100. The van der Waals surface area contributed by atoms with Crippen LogP contribution in [-0.2, 0) is 25.6 Å². The molecule has 1 aromatic heterocycles. The first-order valence-electron chi connectivity index (χ1n) is 12.5. The summed E-state index contributed by atoms with van der Waals surface area (Å²) in [6.07, 6.45) is 0.992. The molecule has 8 N–H and O–H groups in total. The summed E-state index contributed by atoms with van der Waals surface area (Å²) < 4.78 is 0. The van der Waals surface area contributed by atoms with Crippen molar-refractivity contribution in [3.05, 3.63) is 36.0 Å². The number of aliphatic hydroxyl groups is 1. The van der Waals surface area contributed by atoms with Gasteiger partial charge >= 0.3 is 5.97 Å². The van der Waals surface area contributed by atoms with Gasteiger partial charge in [-0.25, -0.2) is 4.79 Å². The molecule has 0 spiro atoms. The highest BCUT2D eigenvalue weighted by atomic mass is 16.4. The van der Waals surface area contributed by atoms with E-state index in [1.54, 1.807) is 27.0 Å². The quantitative estimate of drug-likeness (QED) is 0.203. The molecule has 11 heteroatoms. The third-order valence-electron chi connectivity index (χ3n) is 6.59. The fraction of sp³-hybridized carbons (Fsp3) is 0.538. The number of para-hydroxylation sites is 1. The van der Waals surface area contributed by atoms with Gasteiger partial charge in [-0.1, -0.05) is 52.3 Å². The van der Waals surface area contributed by atoms with Gasteiger partial charge in [0.2, 0.25) is 17.7 Å². The number of hydrogen-bond donors (Lipinski definition) is 7. The van der Waals surface area contributed by atoms with Crippen LogP contribution in [-0.4, -0.2) is 69.2 Å². The molecule has 0 fully saturated rings. The molecule has 0 saturated carbocycles. The van der Waals surface area contributed by atoms with E-state index in [1.165, 1.54) is 6.92 Å². The average molecular weight is 518 g/mol. The molecule has 2 aromatic rings. The lowest BCUT2D eigenvalue weighted by Gasteiger charge is -2.28. The predicted molar refractivity (Wildman–Crippen MR) is 139 cm³/mol. The number of amides is 3. The van der Waals surface area contributed by atoms with Crippen LogP contribution in [0.3, 0.4) is 0 Å². The Labute approximate surface area is 216 Å². The number of carboxylic acid groups (broad SMARTS) is 1. The maximum atomic E-state index is 13.3. The second-order valence-corrected chi connectivity index (χ2v) is 9.83. The predicted octanol–water partition coefficient (Wildman–Crippen LogP) is 0.660. The van der Waals surface area contributed by atoms with Crippen LogP contribution in [0.15, 0.2) is 30.5 Å². The van der Waals surface area contributed by atoms with E-state index in [1.807, 2.05) is 31.2 Å². The first-order valence-corrected chi connectivity index (χ1v) is 12.5. The van der Waals surface area contributed by atoms with Crippen molar-refractivity contribution in [1.29, 1.82) is 0 Å². The van der Waals surface area contributed by atoms with Crippen molar-refractivity contribution in [1.82, 2.24) is 20.9 Å². The second kappa shape index (κ2) is 13.2. The third-order valence-corrected chi connectivity index (χ3v) is 6.59. The van der Waals surface area contributed by atoms with Gasteiger partial charge in [-0.2, -0.15) is 0 Å². The number of H-pyrrole nitrogens is 1. The maximum Gasteiger partial charge on any atom is 0.326 e. The van der Waals surface area contributed by atoms with Crippen LogP contribution >= 0.6 is 0 Å². The molecule has 6 atom stereocenters. The first-order chi connectivity index (χ1) is 17.4. The van der Waals surface area contributed by atoms with E-state index >= 15 is 0 Å². The van der Waals surface area contributed by atoms with Crippen molar-refractivity contribution < 1.29 is 29.4 Å². The number of carbonyl (C=O) groups is 4. The molecule has 11 nitrogen and oxygen atoms in total. The highest BCUT2D eigenvalue weighted by Crippen LogP contribution is 2.20. The van der Waals surface area contributed by atoms with Crippen LogP contribution < -0.4 is 21.7 Å². The molecule has 204 valence electrons. The third kappa shape index (κ3) is 7.77. The van der Waals surface area contributed by atoms with Crippen LogP contribution in [0.1, 0.15) is 46.6 Å². The topological polar surface area (TPSA) is 187 Å². The number of nitrogens with one attached hydrogen (secondary N) is 4. The lowest BCUT2D eigenvalue weighted by atomic mass is 9.97. The molecule has 0 aliphatic carbocycles. The minimum Gasteiger partial charge on any atom is -0.480 e. The van der Waals surface area contributed by atoms with Crippen molar-refractivity contribution in [3.63, 3.8) is 0 Å². The Morgan fingerprint density at radius 2 is 1.57 bits per heavy atom. The Kier molecular flexibility index (Phi) is 10.6. The van der Waals surface area contributed by atoms with E-state index in [4.69, 9.17) is 5.73 Å². The minimum absolute atomic E-state index is 0.0421. The molecule has 3 amide bonds. The average Bonchev–Trinajstić information content (AvgIpc) is 3.26. The fourth-order valence-corrected chi connectivity index (χ4v) is 3.89. The lowest BCUT2D eigenvalue weighted by Crippen LogP contribution is -2.60. The van der Waals surface area contributed by atoms with Crippen molar-refractivity contribution in [2.75, 3.05) is 0 Å². The minimum atomic E-state index is -1.37. The van der Waals surface area contributed by atoms with E-state index in [-0.39, 0.29) is 18.3 Å². The van der Waals surface area contributed by atoms with Gasteiger partial charge < -0.3 is 36.9 Å². The second-order valence-electron chi connectivity index (χ2n) is 9.83. The summed E-state index contributed by atoms with van der Waals surface area (Å²) in [5.41, 5.74) is 7.44. The van der Waals surface area contributed by atoms with Crippen LogP contribution in [0, 0.1) is 11.8 Å². The molecule has 1 aromatic carbocycles. The Hall–Kier alpha value is -3.44. The van der Waals surface area contributed by atoms with Gasteiger partial charge in [-0.15, -0.1) is 0 Å². The standard InChI is InChI=1S/C26H39N5O6/c1-6-14(4)21(26(36)37)30-23(33)19(11-16-12-28-18-10-8-7-9-17(16)18)29-25(35)22(15(5)32)31-24(34)20(27)13(2)3/h7-10,12-15,19-22,28,32H,6,11,27H2,1-5H3,(H,29,35)(H,30,33)(H,31,34)(H,36,37). The number of benzene rings is 1. The van der Waals surface area contributed by atoms with Crippen molar-refractivity contribution in [3.8, 4) is 0 Å². The van der Waals surface area contributed by atoms with Gasteiger partial charge in [0, 0.05) is 23.5 Å². The zero-order chi connectivity index (χ0) is 27.9. The molecule has 0 saturated heterocycles. The first kappa shape index (κ1) is 29.8. The fourth-order valence-electron chi connectivity index (χ4n) is 3.89. The van der Waals surface area contributed by atoms with Crippen LogP contribution in [0.25, 0.3) is 10.9 Å². The molecule has 0 radical (unpaired) electrons. The van der Waals surface area contributed by atoms with Crippen LogP contribution in [0.2, 0.25) is 0 Å². The number of carboxylic acids is 1. The molecule has 1 heterocycles. The normalized spacial score (nSPS) is 16.3.